The predicted octanol–water partition coefficient (Wildman–Crippen LogP) is 3.85. The number of nitrogens with zero attached hydrogens (tertiary/aromatic N) is 3. The zero-order chi connectivity index (χ0) is 21.0. The first kappa shape index (κ1) is 19.2. The van der Waals surface area contributed by atoms with Crippen LogP contribution in [-0.4, -0.2) is 40.4 Å². The van der Waals surface area contributed by atoms with Crippen molar-refractivity contribution in [3.8, 4) is 11.3 Å². The van der Waals surface area contributed by atoms with E-state index in [9.17, 15) is 4.79 Å². The summed E-state index contributed by atoms with van der Waals surface area (Å²) in [5, 5.41) is 3.57. The van der Waals surface area contributed by atoms with Crippen molar-refractivity contribution in [2.24, 2.45) is 0 Å². The van der Waals surface area contributed by atoms with Crippen molar-refractivity contribution in [1.82, 2.24) is 20.3 Å². The van der Waals surface area contributed by atoms with Gasteiger partial charge in [0, 0.05) is 61.1 Å². The molecule has 3 aromatic heterocycles. The number of H-pyrrole nitrogens is 1. The third-order valence-corrected chi connectivity index (χ3v) is 5.58. The van der Waals surface area contributed by atoms with Crippen LogP contribution in [0.1, 0.15) is 27.7 Å². The Kier molecular flexibility index (Phi) is 5.29. The van der Waals surface area contributed by atoms with E-state index in [1.54, 1.807) is 18.5 Å². The number of carbonyl (C=O) groups excluding carboxylic acids is 1. The molecule has 1 aromatic carbocycles. The number of nitrogens with one attached hydrogen (secondary N) is 2. The molecule has 1 unspecified atom stereocenters. The summed E-state index contributed by atoms with van der Waals surface area (Å²) in [5.41, 5.74) is 4.01. The van der Waals surface area contributed by atoms with Crippen molar-refractivity contribution in [3.05, 3.63) is 102 Å². The third-order valence-electron chi connectivity index (χ3n) is 5.58. The van der Waals surface area contributed by atoms with Crippen LogP contribution in [0.2, 0.25) is 0 Å². The van der Waals surface area contributed by atoms with Gasteiger partial charge in [0.2, 0.25) is 5.78 Å². The molecular formula is C25H23N5O. The normalized spacial score (nSPS) is 16.3. The molecule has 1 atom stereocenters. The van der Waals surface area contributed by atoms with Crippen LogP contribution in [0.3, 0.4) is 0 Å². The van der Waals surface area contributed by atoms with Crippen LogP contribution in [0.4, 0.5) is 5.82 Å². The van der Waals surface area contributed by atoms with Crippen molar-refractivity contribution in [2.45, 2.75) is 6.04 Å². The fourth-order valence-electron chi connectivity index (χ4n) is 3.96. The monoisotopic (exact) mass is 409 g/mol. The largest absolute Gasteiger partial charge is 0.361 e. The molecule has 1 fully saturated rings. The van der Waals surface area contributed by atoms with E-state index in [0.717, 1.165) is 36.7 Å². The molecule has 1 aliphatic heterocycles. The molecule has 6 heteroatoms. The highest BCUT2D eigenvalue weighted by Crippen LogP contribution is 2.23. The Morgan fingerprint density at radius 2 is 1.90 bits per heavy atom. The van der Waals surface area contributed by atoms with E-state index in [1.165, 1.54) is 5.56 Å². The van der Waals surface area contributed by atoms with E-state index in [2.05, 4.69) is 44.5 Å². The molecule has 0 spiro atoms. The Hall–Kier alpha value is -3.77. The molecule has 4 aromatic rings. The van der Waals surface area contributed by atoms with Gasteiger partial charge in [-0.15, -0.1) is 0 Å². The van der Waals surface area contributed by atoms with Gasteiger partial charge in [0.25, 0.3) is 0 Å². The van der Waals surface area contributed by atoms with Crippen LogP contribution in [0.5, 0.6) is 0 Å². The summed E-state index contributed by atoms with van der Waals surface area (Å²) in [6, 6.07) is 22.0. The first-order valence-electron chi connectivity index (χ1n) is 10.4. The number of piperazine rings is 1. The molecule has 5 rings (SSSR count). The van der Waals surface area contributed by atoms with Crippen molar-refractivity contribution >= 4 is 11.6 Å². The second-order valence-electron chi connectivity index (χ2n) is 7.62. The summed E-state index contributed by atoms with van der Waals surface area (Å²) in [5.74, 6) is 0.694. The van der Waals surface area contributed by atoms with Crippen molar-refractivity contribution in [1.29, 1.82) is 0 Å². The molecule has 0 amide bonds. The molecule has 0 saturated carbocycles. The number of rotatable bonds is 5. The van der Waals surface area contributed by atoms with Gasteiger partial charge in [-0.2, -0.15) is 0 Å². The van der Waals surface area contributed by atoms with Crippen LogP contribution in [0.15, 0.2) is 85.3 Å². The number of hydrogen-bond donors (Lipinski definition) is 2. The van der Waals surface area contributed by atoms with Crippen molar-refractivity contribution in [3.63, 3.8) is 0 Å². The second kappa shape index (κ2) is 8.53. The van der Waals surface area contributed by atoms with Crippen LogP contribution < -0.4 is 10.2 Å². The van der Waals surface area contributed by atoms with E-state index < -0.39 is 0 Å². The first-order valence-corrected chi connectivity index (χ1v) is 10.4. The number of hydrogen-bond acceptors (Lipinski definition) is 5. The van der Waals surface area contributed by atoms with Gasteiger partial charge in [-0.25, -0.2) is 4.98 Å². The maximum absolute atomic E-state index is 13.1. The average molecular weight is 409 g/mol. The van der Waals surface area contributed by atoms with E-state index in [-0.39, 0.29) is 11.8 Å². The van der Waals surface area contributed by atoms with Crippen LogP contribution in [-0.2, 0) is 0 Å². The predicted molar refractivity (Wildman–Crippen MR) is 121 cm³/mol. The Morgan fingerprint density at radius 1 is 1.00 bits per heavy atom. The number of carbonyl (C=O) groups is 1. The minimum atomic E-state index is -0.127. The minimum absolute atomic E-state index is 0.127. The Balaban J connectivity index is 1.38. The number of ketones is 1. The highest BCUT2D eigenvalue weighted by atomic mass is 16.1. The number of anilines is 1. The van der Waals surface area contributed by atoms with Crippen LogP contribution >= 0.6 is 0 Å². The lowest BCUT2D eigenvalue weighted by Gasteiger charge is -2.35. The average Bonchev–Trinajstić information content (AvgIpc) is 3.40. The molecule has 2 N–H and O–H groups in total. The van der Waals surface area contributed by atoms with Gasteiger partial charge in [0.05, 0.1) is 0 Å². The number of pyridine rings is 2. The lowest BCUT2D eigenvalue weighted by atomic mass is 10.0. The quantitative estimate of drug-likeness (QED) is 0.490. The van der Waals surface area contributed by atoms with E-state index in [0.29, 0.717) is 11.3 Å². The van der Waals surface area contributed by atoms with Gasteiger partial charge >= 0.3 is 0 Å². The maximum atomic E-state index is 13.1. The highest BCUT2D eigenvalue weighted by Gasteiger charge is 2.22. The van der Waals surface area contributed by atoms with Crippen molar-refractivity contribution < 1.29 is 4.79 Å². The minimum Gasteiger partial charge on any atom is -0.361 e. The topological polar surface area (TPSA) is 73.9 Å². The zero-order valence-electron chi connectivity index (χ0n) is 17.0. The number of benzene rings is 1. The molecule has 0 aliphatic carbocycles. The molecule has 6 nitrogen and oxygen atoms in total. The lowest BCUT2D eigenvalue weighted by molar-refractivity contribution is 0.103. The fourth-order valence-corrected chi connectivity index (χ4v) is 3.96. The Labute approximate surface area is 181 Å². The first-order chi connectivity index (χ1) is 15.3. The summed E-state index contributed by atoms with van der Waals surface area (Å²) in [4.78, 5) is 27.5. The van der Waals surface area contributed by atoms with Crippen LogP contribution in [0, 0.1) is 0 Å². The lowest BCUT2D eigenvalue weighted by Crippen LogP contribution is -2.46. The Bertz CT molecular complexity index is 1170. The summed E-state index contributed by atoms with van der Waals surface area (Å²) in [6.45, 7) is 2.51. The van der Waals surface area contributed by atoms with E-state index >= 15 is 0 Å². The summed E-state index contributed by atoms with van der Waals surface area (Å²) < 4.78 is 0. The SMILES string of the molecule is O=C(c1cncc(-c2ccc[nH]2)c1)c1cccc(N2CCNC(c3ccccc3)C2)n1. The summed E-state index contributed by atoms with van der Waals surface area (Å²) in [6.07, 6.45) is 5.20. The van der Waals surface area contributed by atoms with Gasteiger partial charge in [0.1, 0.15) is 11.5 Å². The molecule has 154 valence electrons. The molecule has 31 heavy (non-hydrogen) atoms. The molecular weight excluding hydrogens is 386 g/mol. The number of aromatic amines is 1. The highest BCUT2D eigenvalue weighted by molar-refractivity contribution is 6.08. The molecule has 1 saturated heterocycles. The van der Waals surface area contributed by atoms with Gasteiger partial charge < -0.3 is 15.2 Å². The van der Waals surface area contributed by atoms with Gasteiger partial charge in [-0.3, -0.25) is 9.78 Å². The molecule has 1 aliphatic rings. The van der Waals surface area contributed by atoms with Crippen LogP contribution in [0.25, 0.3) is 11.3 Å². The van der Waals surface area contributed by atoms with E-state index in [1.807, 2.05) is 42.6 Å². The number of aromatic nitrogens is 3. The standard InChI is InChI=1S/C25H23N5O/c31-25(20-14-19(15-26-16-20)21-9-5-11-27-21)22-8-4-10-24(29-22)30-13-12-28-23(17-30)18-6-2-1-3-7-18/h1-11,14-16,23,27-28H,12-13,17H2. The summed E-state index contributed by atoms with van der Waals surface area (Å²) >= 11 is 0. The Morgan fingerprint density at radius 3 is 2.74 bits per heavy atom. The van der Waals surface area contributed by atoms with E-state index in [4.69, 9.17) is 4.98 Å². The fraction of sp³-hybridized carbons (Fsp3) is 0.160. The molecule has 0 bridgehead atoms. The third kappa shape index (κ3) is 4.11. The smallest absolute Gasteiger partial charge is 0.212 e. The molecule has 4 heterocycles. The van der Waals surface area contributed by atoms with Gasteiger partial charge in [-0.05, 0) is 35.9 Å². The second-order valence-corrected chi connectivity index (χ2v) is 7.62. The van der Waals surface area contributed by atoms with Crippen molar-refractivity contribution in [2.75, 3.05) is 24.5 Å². The zero-order valence-corrected chi connectivity index (χ0v) is 17.0. The maximum Gasteiger partial charge on any atom is 0.212 e. The van der Waals surface area contributed by atoms with Gasteiger partial charge in [-0.1, -0.05) is 36.4 Å². The molecule has 0 radical (unpaired) electrons. The van der Waals surface area contributed by atoms with Gasteiger partial charge in [0.15, 0.2) is 0 Å². The summed E-state index contributed by atoms with van der Waals surface area (Å²) in [7, 11) is 0.